The lowest BCUT2D eigenvalue weighted by Crippen LogP contribution is -2.41. The molecule has 6 saturated carbocycles. The summed E-state index contributed by atoms with van der Waals surface area (Å²) in [5.41, 5.74) is 0.149. The third-order valence-corrected chi connectivity index (χ3v) is 11.2. The van der Waals surface area contributed by atoms with Crippen molar-refractivity contribution < 1.29 is 22.7 Å². The largest absolute Gasteiger partial charge is 0.490 e. The lowest BCUT2D eigenvalue weighted by atomic mass is 9.62. The summed E-state index contributed by atoms with van der Waals surface area (Å²) in [6, 6.07) is 0. The van der Waals surface area contributed by atoms with Crippen LogP contribution >= 0.6 is 45.2 Å². The van der Waals surface area contributed by atoms with Crippen molar-refractivity contribution in [3.05, 3.63) is 0 Å². The Balaban J connectivity index is 1.39. The summed E-state index contributed by atoms with van der Waals surface area (Å²) in [5, 5.41) is 0. The van der Waals surface area contributed by atoms with Crippen LogP contribution in [0.15, 0.2) is 0 Å². The highest BCUT2D eigenvalue weighted by molar-refractivity contribution is 14.1. The zero-order valence-electron chi connectivity index (χ0n) is 11.5. The monoisotopic (exact) mass is 538 g/mol. The van der Waals surface area contributed by atoms with Crippen molar-refractivity contribution in [2.24, 2.45) is 46.8 Å². The number of carbonyl (C=O) groups is 1. The minimum atomic E-state index is -4.87. The number of esters is 1. The van der Waals surface area contributed by atoms with Gasteiger partial charge in [-0.15, -0.1) is 0 Å². The number of hydrogen-bond acceptors (Lipinski definition) is 2. The van der Waals surface area contributed by atoms with Gasteiger partial charge in [0.2, 0.25) is 0 Å². The summed E-state index contributed by atoms with van der Waals surface area (Å²) in [7, 11) is 0. The molecule has 0 amide bonds. The number of alkyl halides is 5. The molecule has 6 rings (SSSR count). The van der Waals surface area contributed by atoms with Crippen LogP contribution in [-0.2, 0) is 9.53 Å². The van der Waals surface area contributed by atoms with Crippen LogP contribution in [0.25, 0.3) is 0 Å². The van der Waals surface area contributed by atoms with Gasteiger partial charge in [0.1, 0.15) is 0 Å². The maximum absolute atomic E-state index is 12.3. The molecule has 0 saturated heterocycles. The summed E-state index contributed by atoms with van der Waals surface area (Å²) >= 11 is 5.18. The van der Waals surface area contributed by atoms with E-state index in [1.54, 1.807) is 0 Å². The fourth-order valence-corrected chi connectivity index (χ4v) is 11.9. The van der Waals surface area contributed by atoms with E-state index in [2.05, 4.69) is 49.9 Å². The molecule has 0 aromatic rings. The Morgan fingerprint density at radius 1 is 1.14 bits per heavy atom. The average molecular weight is 538 g/mol. The molecule has 2 nitrogen and oxygen atoms in total. The van der Waals surface area contributed by atoms with Gasteiger partial charge < -0.3 is 4.74 Å². The molecule has 0 aromatic carbocycles. The Morgan fingerprint density at radius 2 is 1.86 bits per heavy atom. The lowest BCUT2D eigenvalue weighted by Gasteiger charge is -2.42. The van der Waals surface area contributed by atoms with Crippen molar-refractivity contribution in [3.8, 4) is 0 Å². The minimum absolute atomic E-state index is 0.0717. The van der Waals surface area contributed by atoms with Gasteiger partial charge in [-0.25, -0.2) is 4.79 Å². The molecule has 0 spiro atoms. The van der Waals surface area contributed by atoms with E-state index in [0.29, 0.717) is 26.1 Å². The topological polar surface area (TPSA) is 26.3 Å². The van der Waals surface area contributed by atoms with Crippen molar-refractivity contribution in [1.29, 1.82) is 0 Å². The molecule has 6 fully saturated rings. The first-order valence-corrected chi connectivity index (χ1v) is 10.3. The predicted octanol–water partition coefficient (Wildman–Crippen LogP) is 3.85. The third kappa shape index (κ3) is 1.41. The van der Waals surface area contributed by atoms with Crippen LogP contribution < -0.4 is 0 Å². The zero-order chi connectivity index (χ0) is 15.6. The smallest absolute Gasteiger partial charge is 0.459 e. The van der Waals surface area contributed by atoms with Crippen LogP contribution in [0.2, 0.25) is 0 Å². The molecule has 0 aliphatic heterocycles. The minimum Gasteiger partial charge on any atom is -0.459 e. The second-order valence-electron chi connectivity index (χ2n) is 7.69. The number of ether oxygens (including phenoxy) is 1. The van der Waals surface area contributed by atoms with Gasteiger partial charge >= 0.3 is 12.1 Å². The van der Waals surface area contributed by atoms with Gasteiger partial charge in [0.15, 0.2) is 0 Å². The molecular formula is C15H15F3I2O2. The van der Waals surface area contributed by atoms with Crippen molar-refractivity contribution in [2.45, 2.75) is 26.9 Å². The number of halogens is 5. The van der Waals surface area contributed by atoms with Gasteiger partial charge in [0, 0.05) is 7.85 Å². The Kier molecular flexibility index (Phi) is 2.92. The van der Waals surface area contributed by atoms with Crippen LogP contribution in [0.5, 0.6) is 0 Å². The summed E-state index contributed by atoms with van der Waals surface area (Å²) in [5.74, 6) is 3.38. The molecule has 6 aliphatic carbocycles. The molecule has 0 N–H and O–H groups in total. The predicted molar refractivity (Wildman–Crippen MR) is 88.7 cm³/mol. The average Bonchev–Trinajstić information content (AvgIpc) is 3.14. The Labute approximate surface area is 153 Å². The Hall–Kier alpha value is 0.720. The van der Waals surface area contributed by atoms with Gasteiger partial charge in [-0.2, -0.15) is 13.2 Å². The summed E-state index contributed by atoms with van der Waals surface area (Å²) < 4.78 is 42.7. The van der Waals surface area contributed by atoms with Crippen LogP contribution in [0.4, 0.5) is 13.2 Å². The third-order valence-electron chi connectivity index (χ3n) is 7.57. The molecule has 7 heteroatoms. The van der Waals surface area contributed by atoms with Gasteiger partial charge in [-0.1, -0.05) is 45.2 Å². The van der Waals surface area contributed by atoms with E-state index < -0.39 is 12.1 Å². The van der Waals surface area contributed by atoms with Crippen LogP contribution in [0.1, 0.15) is 12.8 Å². The van der Waals surface area contributed by atoms with Gasteiger partial charge in [0.05, 0.1) is 6.61 Å². The van der Waals surface area contributed by atoms with E-state index in [9.17, 15) is 18.0 Å². The highest BCUT2D eigenvalue weighted by atomic mass is 127. The summed E-state index contributed by atoms with van der Waals surface area (Å²) in [6.45, 7) is -0.0717. The molecule has 22 heavy (non-hydrogen) atoms. The van der Waals surface area contributed by atoms with Crippen LogP contribution in [-0.4, -0.2) is 26.6 Å². The van der Waals surface area contributed by atoms with Crippen molar-refractivity contribution >= 4 is 51.2 Å². The Bertz CT molecular complexity index is 563. The van der Waals surface area contributed by atoms with Crippen molar-refractivity contribution in [1.82, 2.24) is 0 Å². The van der Waals surface area contributed by atoms with Gasteiger partial charge in [-0.3, -0.25) is 0 Å². The van der Waals surface area contributed by atoms with E-state index in [-0.39, 0.29) is 12.0 Å². The molecule has 0 radical (unpaired) electrons. The quantitative estimate of drug-likeness (QED) is 0.311. The number of hydrogen-bond donors (Lipinski definition) is 0. The van der Waals surface area contributed by atoms with Crippen molar-refractivity contribution in [2.75, 3.05) is 6.61 Å². The maximum Gasteiger partial charge on any atom is 0.490 e. The number of carbonyl (C=O) groups excluding carboxylic acids is 1. The second-order valence-corrected chi connectivity index (χ2v) is 10.5. The fraction of sp³-hybridized carbons (Fsp3) is 0.933. The summed E-state index contributed by atoms with van der Waals surface area (Å²) in [4.78, 5) is 11.0. The van der Waals surface area contributed by atoms with Gasteiger partial charge in [-0.05, 0) is 59.7 Å². The molecule has 10 atom stereocenters. The molecule has 6 aliphatic rings. The standard InChI is InChI=1S/C15H15F3I2O2/c16-15(17,18)13(21)22-2-1-14-9-5-3-4-6(7(5)12(14)20)10(14)11(19)8(4)9/h4-12H,1-3H2/t4-,5+,6-,7-,8+,9-,10-,11+,12+,14-/m0/s1. The molecule has 0 heterocycles. The normalized spacial score (nSPS) is 59.2. The zero-order valence-corrected chi connectivity index (χ0v) is 15.8. The van der Waals surface area contributed by atoms with Crippen LogP contribution in [0.3, 0.4) is 0 Å². The lowest BCUT2D eigenvalue weighted by molar-refractivity contribution is -0.200. The SMILES string of the molecule is O=C(OCC[C@]12[C@@H]3[C@H](I)[C@@H]4[C@H]5C[C@H]([C@@H]([C@H]53)[C@H]1I)[C@@H]42)C(F)(F)F. The molecular weight excluding hydrogens is 523 g/mol. The van der Waals surface area contributed by atoms with Crippen LogP contribution in [0, 0.1) is 46.8 Å². The highest BCUT2D eigenvalue weighted by Crippen LogP contribution is 2.89. The fourth-order valence-electron chi connectivity index (χ4n) is 7.59. The molecule has 0 aromatic heterocycles. The maximum atomic E-state index is 12.3. The van der Waals surface area contributed by atoms with E-state index in [1.807, 2.05) is 0 Å². The van der Waals surface area contributed by atoms with E-state index >= 15 is 0 Å². The number of rotatable bonds is 3. The Morgan fingerprint density at radius 3 is 2.55 bits per heavy atom. The summed E-state index contributed by atoms with van der Waals surface area (Å²) in [6.07, 6.45) is -2.89. The first kappa shape index (κ1) is 15.0. The van der Waals surface area contributed by atoms with Gasteiger partial charge in [0.25, 0.3) is 0 Å². The van der Waals surface area contributed by atoms with E-state index in [4.69, 9.17) is 0 Å². The van der Waals surface area contributed by atoms with Crippen molar-refractivity contribution in [3.63, 3.8) is 0 Å². The first-order chi connectivity index (χ1) is 10.3. The highest BCUT2D eigenvalue weighted by Gasteiger charge is 2.87. The van der Waals surface area contributed by atoms with E-state index in [0.717, 1.165) is 29.6 Å². The first-order valence-electron chi connectivity index (χ1n) is 7.82. The molecule has 122 valence electrons. The molecule has 0 unspecified atom stereocenters. The molecule has 6 bridgehead atoms. The second kappa shape index (κ2) is 4.27. The van der Waals surface area contributed by atoms with E-state index in [1.165, 1.54) is 6.42 Å².